The SMILES string of the molecule is O=C(NCCN1CCC2(CC1)C(=O)NCN2Cc1cccnc1)c1cc(F)c(F)c(F)c1.O=C(O)C(F)(F)F.O=C(O)C(F)(F)F. The van der Waals surface area contributed by atoms with Crippen LogP contribution in [0.4, 0.5) is 39.5 Å². The zero-order valence-electron chi connectivity index (χ0n) is 23.4. The number of rotatable bonds is 6. The Hall–Kier alpha value is -4.46. The predicted octanol–water partition coefficient (Wildman–Crippen LogP) is 2.92. The van der Waals surface area contributed by atoms with Gasteiger partial charge in [-0.05, 0) is 36.6 Å². The third-order valence-corrected chi connectivity index (χ3v) is 6.68. The average molecular weight is 676 g/mol. The number of hydrogen-bond acceptors (Lipinski definition) is 7. The number of nitrogens with one attached hydrogen (secondary N) is 2. The summed E-state index contributed by atoms with van der Waals surface area (Å²) in [6, 6.07) is 5.21. The Kier molecular flexibility index (Phi) is 12.9. The second-order valence-electron chi connectivity index (χ2n) is 9.71. The number of aliphatic carboxylic acids is 2. The number of piperidine rings is 1. The number of likely N-dealkylation sites (tertiary alicyclic amines) is 1. The Balaban J connectivity index is 0.000000440. The molecule has 0 saturated carbocycles. The van der Waals surface area contributed by atoms with Gasteiger partial charge in [-0.25, -0.2) is 22.8 Å². The molecule has 46 heavy (non-hydrogen) atoms. The molecule has 2 aliphatic heterocycles. The largest absolute Gasteiger partial charge is 0.490 e. The molecule has 2 saturated heterocycles. The zero-order chi connectivity index (χ0) is 34.9. The van der Waals surface area contributed by atoms with E-state index in [1.54, 1.807) is 12.4 Å². The van der Waals surface area contributed by atoms with Crippen LogP contribution < -0.4 is 10.6 Å². The second kappa shape index (κ2) is 15.7. The highest BCUT2D eigenvalue weighted by Crippen LogP contribution is 2.33. The predicted molar refractivity (Wildman–Crippen MR) is 137 cm³/mol. The molecular weight excluding hydrogens is 649 g/mol. The van der Waals surface area contributed by atoms with Crippen LogP contribution in [0.25, 0.3) is 0 Å². The van der Waals surface area contributed by atoms with Crippen LogP contribution in [-0.4, -0.2) is 99.5 Å². The molecule has 0 unspecified atom stereocenters. The lowest BCUT2D eigenvalue weighted by Crippen LogP contribution is -2.56. The summed E-state index contributed by atoms with van der Waals surface area (Å²) in [4.78, 5) is 51.0. The summed E-state index contributed by atoms with van der Waals surface area (Å²) in [5.41, 5.74) is 0.216. The maximum Gasteiger partial charge on any atom is 0.490 e. The Morgan fingerprint density at radius 3 is 1.93 bits per heavy atom. The molecule has 1 aromatic heterocycles. The third kappa shape index (κ3) is 10.6. The highest BCUT2D eigenvalue weighted by atomic mass is 19.4. The summed E-state index contributed by atoms with van der Waals surface area (Å²) in [5, 5.41) is 19.8. The molecule has 3 heterocycles. The number of carbonyl (C=O) groups excluding carboxylic acids is 2. The molecule has 0 bridgehead atoms. The van der Waals surface area contributed by atoms with E-state index in [4.69, 9.17) is 19.8 Å². The Bertz CT molecular complexity index is 1340. The topological polar surface area (TPSA) is 152 Å². The normalized spacial score (nSPS) is 16.4. The van der Waals surface area contributed by atoms with Crippen molar-refractivity contribution in [3.8, 4) is 0 Å². The number of amides is 2. The van der Waals surface area contributed by atoms with Crippen molar-refractivity contribution in [1.82, 2.24) is 25.4 Å². The summed E-state index contributed by atoms with van der Waals surface area (Å²) in [6.45, 7) is 3.26. The van der Waals surface area contributed by atoms with E-state index in [0.29, 0.717) is 57.8 Å². The van der Waals surface area contributed by atoms with E-state index in [1.165, 1.54) is 0 Å². The van der Waals surface area contributed by atoms with Crippen molar-refractivity contribution in [2.75, 3.05) is 32.8 Å². The molecule has 2 amide bonds. The van der Waals surface area contributed by atoms with Crippen molar-refractivity contribution in [1.29, 1.82) is 0 Å². The van der Waals surface area contributed by atoms with E-state index in [2.05, 4.69) is 25.4 Å². The van der Waals surface area contributed by atoms with E-state index in [9.17, 15) is 49.1 Å². The van der Waals surface area contributed by atoms with Crippen molar-refractivity contribution >= 4 is 23.8 Å². The van der Waals surface area contributed by atoms with Crippen LogP contribution in [0.1, 0.15) is 28.8 Å². The smallest absolute Gasteiger partial charge is 0.475 e. The quantitative estimate of drug-likeness (QED) is 0.268. The first-order chi connectivity index (χ1) is 21.3. The third-order valence-electron chi connectivity index (χ3n) is 6.68. The first-order valence-electron chi connectivity index (χ1n) is 13.0. The Morgan fingerprint density at radius 2 is 1.48 bits per heavy atom. The lowest BCUT2D eigenvalue weighted by Gasteiger charge is -2.42. The number of nitrogens with zero attached hydrogens (tertiary/aromatic N) is 3. The van der Waals surface area contributed by atoms with Gasteiger partial charge >= 0.3 is 24.3 Å². The lowest BCUT2D eigenvalue weighted by atomic mass is 9.86. The van der Waals surface area contributed by atoms with Crippen LogP contribution in [-0.2, 0) is 20.9 Å². The zero-order valence-corrected chi connectivity index (χ0v) is 23.4. The maximum absolute atomic E-state index is 13.3. The van der Waals surface area contributed by atoms with E-state index in [0.717, 1.165) is 5.56 Å². The van der Waals surface area contributed by atoms with E-state index >= 15 is 0 Å². The molecule has 2 fully saturated rings. The van der Waals surface area contributed by atoms with Crippen LogP contribution in [0.3, 0.4) is 0 Å². The molecule has 2 aliphatic rings. The number of aromatic nitrogens is 1. The van der Waals surface area contributed by atoms with Crippen molar-refractivity contribution < 1.29 is 68.9 Å². The fraction of sp³-hybridized carbons (Fsp3) is 0.423. The molecule has 0 aliphatic carbocycles. The molecule has 20 heteroatoms. The molecule has 1 spiro atoms. The summed E-state index contributed by atoms with van der Waals surface area (Å²) < 4.78 is 103. The first-order valence-corrected chi connectivity index (χ1v) is 13.0. The van der Waals surface area contributed by atoms with Crippen LogP contribution in [0, 0.1) is 17.5 Å². The van der Waals surface area contributed by atoms with Gasteiger partial charge in [-0.3, -0.25) is 19.5 Å². The number of hydrogen-bond donors (Lipinski definition) is 4. The minimum atomic E-state index is -5.08. The second-order valence-corrected chi connectivity index (χ2v) is 9.71. The summed E-state index contributed by atoms with van der Waals surface area (Å²) >= 11 is 0. The van der Waals surface area contributed by atoms with Gasteiger partial charge in [0, 0.05) is 50.7 Å². The molecule has 2 aromatic rings. The fourth-order valence-electron chi connectivity index (χ4n) is 4.35. The van der Waals surface area contributed by atoms with Gasteiger partial charge in [0.2, 0.25) is 5.91 Å². The van der Waals surface area contributed by atoms with E-state index in [1.807, 2.05) is 12.1 Å². The Labute approximate surface area is 254 Å². The summed E-state index contributed by atoms with van der Waals surface area (Å²) in [7, 11) is 0. The van der Waals surface area contributed by atoms with E-state index in [-0.39, 0.29) is 18.0 Å². The van der Waals surface area contributed by atoms with Gasteiger partial charge in [-0.1, -0.05) is 6.07 Å². The van der Waals surface area contributed by atoms with Crippen molar-refractivity contribution in [3.05, 3.63) is 65.2 Å². The summed E-state index contributed by atoms with van der Waals surface area (Å²) in [6.07, 6.45) is -5.34. The standard InChI is InChI=1S/C22H24F3N5O2.2C2HF3O2/c23-17-10-16(11-18(24)19(17)25)20(31)27-6-9-29-7-3-22(4-8-29)21(32)28-14-30(22)13-15-2-1-5-26-12-15;2*3-2(4,5)1(6)7/h1-2,5,10-12H,3-4,6-9,13-14H2,(H,27,31)(H,28,32);2*(H,6,7). The van der Waals surface area contributed by atoms with Crippen molar-refractivity contribution in [2.24, 2.45) is 0 Å². The lowest BCUT2D eigenvalue weighted by molar-refractivity contribution is -0.193. The highest BCUT2D eigenvalue weighted by molar-refractivity contribution is 5.94. The van der Waals surface area contributed by atoms with Crippen molar-refractivity contribution in [3.63, 3.8) is 0 Å². The molecule has 254 valence electrons. The number of halogens is 9. The fourth-order valence-corrected chi connectivity index (χ4v) is 4.35. The summed E-state index contributed by atoms with van der Waals surface area (Å²) in [5.74, 6) is -10.6. The molecule has 4 N–H and O–H groups in total. The van der Waals surface area contributed by atoms with Gasteiger partial charge in [-0.2, -0.15) is 26.3 Å². The van der Waals surface area contributed by atoms with Crippen LogP contribution >= 0.6 is 0 Å². The van der Waals surface area contributed by atoms with Gasteiger partial charge < -0.3 is 25.7 Å². The molecule has 0 atom stereocenters. The van der Waals surface area contributed by atoms with Gasteiger partial charge in [0.1, 0.15) is 5.54 Å². The van der Waals surface area contributed by atoms with E-state index < -0.39 is 53.2 Å². The average Bonchev–Trinajstić information content (AvgIpc) is 3.26. The van der Waals surface area contributed by atoms with Gasteiger partial charge in [-0.15, -0.1) is 0 Å². The van der Waals surface area contributed by atoms with Crippen LogP contribution in [0.15, 0.2) is 36.7 Å². The number of carboxylic acid groups (broad SMARTS) is 2. The van der Waals surface area contributed by atoms with Gasteiger partial charge in [0.25, 0.3) is 5.91 Å². The molecular formula is C26H26F9N5O6. The number of alkyl halides is 6. The monoisotopic (exact) mass is 675 g/mol. The minimum absolute atomic E-state index is 0.0368. The number of pyridine rings is 1. The first kappa shape index (κ1) is 37.7. The van der Waals surface area contributed by atoms with Crippen LogP contribution in [0.2, 0.25) is 0 Å². The van der Waals surface area contributed by atoms with Gasteiger partial charge in [0.15, 0.2) is 17.5 Å². The molecule has 11 nitrogen and oxygen atoms in total. The molecule has 1 aromatic carbocycles. The maximum atomic E-state index is 13.3. The van der Waals surface area contributed by atoms with Crippen molar-refractivity contribution in [2.45, 2.75) is 37.3 Å². The Morgan fingerprint density at radius 1 is 0.957 bits per heavy atom. The minimum Gasteiger partial charge on any atom is -0.475 e. The highest BCUT2D eigenvalue weighted by Gasteiger charge is 2.49. The van der Waals surface area contributed by atoms with Crippen LogP contribution in [0.5, 0.6) is 0 Å². The molecule has 0 radical (unpaired) electrons. The number of benzene rings is 1. The van der Waals surface area contributed by atoms with Gasteiger partial charge in [0.05, 0.1) is 6.67 Å². The number of carboxylic acids is 2. The number of carbonyl (C=O) groups is 4. The molecule has 4 rings (SSSR count).